The van der Waals surface area contributed by atoms with E-state index in [1.807, 2.05) is 14.0 Å². The van der Waals surface area contributed by atoms with Crippen molar-refractivity contribution in [1.29, 1.82) is 0 Å². The number of benzene rings is 1. The molecule has 0 amide bonds. The van der Waals surface area contributed by atoms with Gasteiger partial charge in [0, 0.05) is 6.04 Å². The second kappa shape index (κ2) is 8.35. The molecule has 2 atom stereocenters. The van der Waals surface area contributed by atoms with Gasteiger partial charge in [-0.15, -0.1) is 0 Å². The van der Waals surface area contributed by atoms with Gasteiger partial charge in [-0.25, -0.2) is 0 Å². The summed E-state index contributed by atoms with van der Waals surface area (Å²) in [5, 5.41) is 5.01. The molecule has 100 valence electrons. The predicted molar refractivity (Wildman–Crippen MR) is 81.4 cm³/mol. The molecule has 0 spiro atoms. The van der Waals surface area contributed by atoms with Crippen molar-refractivity contribution >= 4 is 17.6 Å². The second-order valence-electron chi connectivity index (χ2n) is 4.53. The SMILES string of the molecule is CCC=S.CNC(Cc1ccc(C)cc1)C1CO1. The Morgan fingerprint density at radius 3 is 2.39 bits per heavy atom. The van der Waals surface area contributed by atoms with Gasteiger partial charge < -0.3 is 10.1 Å². The van der Waals surface area contributed by atoms with Gasteiger partial charge in [0.25, 0.3) is 0 Å². The standard InChI is InChI=1S/C12H17NO.C3H6S/c1-9-3-5-10(6-4-9)7-11(13-2)12-8-14-12;1-2-3-4/h3-6,11-13H,7-8H2,1-2H3;3H,2H2,1H3. The van der Waals surface area contributed by atoms with Gasteiger partial charge in [0.15, 0.2) is 0 Å². The fourth-order valence-electron chi connectivity index (χ4n) is 1.69. The average Bonchev–Trinajstić information content (AvgIpc) is 3.23. The molecule has 2 rings (SSSR count). The van der Waals surface area contributed by atoms with Gasteiger partial charge in [-0.1, -0.05) is 49.0 Å². The fourth-order valence-corrected chi connectivity index (χ4v) is 1.69. The first-order chi connectivity index (χ1) is 8.71. The van der Waals surface area contributed by atoms with E-state index in [9.17, 15) is 0 Å². The summed E-state index contributed by atoms with van der Waals surface area (Å²) in [6.07, 6.45) is 2.50. The highest BCUT2D eigenvalue weighted by Gasteiger charge is 2.31. The number of hydrogen-bond acceptors (Lipinski definition) is 3. The number of ether oxygens (including phenoxy) is 1. The maximum Gasteiger partial charge on any atom is 0.0965 e. The Kier molecular flexibility index (Phi) is 7.09. The smallest absolute Gasteiger partial charge is 0.0965 e. The number of hydrogen-bond donors (Lipinski definition) is 1. The Hall–Kier alpha value is -0.770. The Bertz CT molecular complexity index is 346. The van der Waals surface area contributed by atoms with Gasteiger partial charge in [-0.05, 0) is 37.7 Å². The number of thiocarbonyl (C=S) groups is 1. The largest absolute Gasteiger partial charge is 0.371 e. The van der Waals surface area contributed by atoms with Crippen molar-refractivity contribution in [2.75, 3.05) is 13.7 Å². The van der Waals surface area contributed by atoms with Crippen LogP contribution in [0.5, 0.6) is 0 Å². The molecule has 0 aromatic heterocycles. The zero-order chi connectivity index (χ0) is 13.4. The Morgan fingerprint density at radius 2 is 2.00 bits per heavy atom. The van der Waals surface area contributed by atoms with Gasteiger partial charge in [-0.2, -0.15) is 0 Å². The minimum atomic E-state index is 0.432. The molecule has 1 heterocycles. The first-order valence-corrected chi connectivity index (χ1v) is 6.96. The maximum absolute atomic E-state index is 5.29. The van der Waals surface area contributed by atoms with Crippen LogP contribution in [-0.4, -0.2) is 31.2 Å². The minimum Gasteiger partial charge on any atom is -0.371 e. The van der Waals surface area contributed by atoms with Crippen LogP contribution in [0.3, 0.4) is 0 Å². The normalized spacial score (nSPS) is 18.5. The van der Waals surface area contributed by atoms with Crippen LogP contribution < -0.4 is 5.32 Å². The van der Waals surface area contributed by atoms with Crippen LogP contribution in [0.2, 0.25) is 0 Å². The molecule has 2 unspecified atom stereocenters. The molecule has 1 saturated heterocycles. The molecule has 0 radical (unpaired) electrons. The van der Waals surface area contributed by atoms with Gasteiger partial charge in [0.05, 0.1) is 12.7 Å². The topological polar surface area (TPSA) is 24.6 Å². The highest BCUT2D eigenvalue weighted by Crippen LogP contribution is 2.17. The molecule has 1 aliphatic rings. The van der Waals surface area contributed by atoms with E-state index >= 15 is 0 Å². The van der Waals surface area contributed by atoms with Crippen molar-refractivity contribution in [2.24, 2.45) is 0 Å². The van der Waals surface area contributed by atoms with Gasteiger partial charge in [0.1, 0.15) is 0 Å². The lowest BCUT2D eigenvalue weighted by Gasteiger charge is -2.13. The number of rotatable bonds is 5. The molecule has 18 heavy (non-hydrogen) atoms. The third-order valence-electron chi connectivity index (χ3n) is 2.92. The predicted octanol–water partition coefficient (Wildman–Crippen LogP) is 2.92. The number of nitrogens with one attached hydrogen (secondary N) is 1. The van der Waals surface area contributed by atoms with E-state index in [2.05, 4.69) is 48.7 Å². The van der Waals surface area contributed by atoms with Crippen LogP contribution in [0.4, 0.5) is 0 Å². The van der Waals surface area contributed by atoms with Crippen molar-refractivity contribution in [3.8, 4) is 0 Å². The van der Waals surface area contributed by atoms with Crippen LogP contribution >= 0.6 is 12.2 Å². The molecule has 0 saturated carbocycles. The van der Waals surface area contributed by atoms with Gasteiger partial charge >= 0.3 is 0 Å². The summed E-state index contributed by atoms with van der Waals surface area (Å²) in [6.45, 7) is 5.05. The highest BCUT2D eigenvalue weighted by atomic mass is 32.1. The number of likely N-dealkylation sites (N-methyl/N-ethyl adjacent to an activating group) is 1. The van der Waals surface area contributed by atoms with Gasteiger partial charge in [0.2, 0.25) is 0 Å². The summed E-state index contributed by atoms with van der Waals surface area (Å²) in [6, 6.07) is 9.19. The maximum atomic E-state index is 5.29. The third kappa shape index (κ3) is 5.71. The molecule has 1 N–H and O–H groups in total. The molecule has 2 nitrogen and oxygen atoms in total. The van der Waals surface area contributed by atoms with E-state index in [0.29, 0.717) is 12.1 Å². The molecule has 0 bridgehead atoms. The quantitative estimate of drug-likeness (QED) is 0.654. The zero-order valence-electron chi connectivity index (χ0n) is 11.5. The lowest BCUT2D eigenvalue weighted by atomic mass is 10.0. The highest BCUT2D eigenvalue weighted by molar-refractivity contribution is 7.78. The average molecular weight is 265 g/mol. The van der Waals surface area contributed by atoms with Crippen LogP contribution in [0, 0.1) is 6.92 Å². The zero-order valence-corrected chi connectivity index (χ0v) is 12.3. The molecule has 1 aliphatic heterocycles. The number of epoxide rings is 1. The van der Waals surface area contributed by atoms with E-state index < -0.39 is 0 Å². The molecule has 0 aliphatic carbocycles. The summed E-state index contributed by atoms with van der Waals surface area (Å²) in [5.41, 5.74) is 2.70. The molecule has 1 aromatic carbocycles. The van der Waals surface area contributed by atoms with E-state index in [1.165, 1.54) is 11.1 Å². The molecular weight excluding hydrogens is 242 g/mol. The molecule has 1 aromatic rings. The molecular formula is C15H23NOS. The summed E-state index contributed by atoms with van der Waals surface area (Å²) in [5.74, 6) is 0. The second-order valence-corrected chi connectivity index (χ2v) is 4.86. The van der Waals surface area contributed by atoms with E-state index in [4.69, 9.17) is 4.74 Å². The summed E-state index contributed by atoms with van der Waals surface area (Å²) < 4.78 is 5.29. The summed E-state index contributed by atoms with van der Waals surface area (Å²) in [4.78, 5) is 0. The summed E-state index contributed by atoms with van der Waals surface area (Å²) in [7, 11) is 2.00. The van der Waals surface area contributed by atoms with Crippen LogP contribution in [-0.2, 0) is 11.2 Å². The van der Waals surface area contributed by atoms with E-state index in [0.717, 1.165) is 19.4 Å². The fraction of sp³-hybridized carbons (Fsp3) is 0.533. The number of aryl methyl sites for hydroxylation is 1. The van der Waals surface area contributed by atoms with Crippen molar-refractivity contribution in [3.05, 3.63) is 35.4 Å². The van der Waals surface area contributed by atoms with Gasteiger partial charge in [-0.3, -0.25) is 0 Å². The van der Waals surface area contributed by atoms with Crippen molar-refractivity contribution < 1.29 is 4.74 Å². The van der Waals surface area contributed by atoms with E-state index in [1.54, 1.807) is 5.37 Å². The lowest BCUT2D eigenvalue weighted by molar-refractivity contribution is 0.349. The molecule has 3 heteroatoms. The summed E-state index contributed by atoms with van der Waals surface area (Å²) >= 11 is 4.43. The first kappa shape index (κ1) is 15.3. The van der Waals surface area contributed by atoms with Crippen molar-refractivity contribution in [2.45, 2.75) is 38.8 Å². The minimum absolute atomic E-state index is 0.432. The third-order valence-corrected chi connectivity index (χ3v) is 3.25. The Balaban J connectivity index is 0.000000357. The first-order valence-electron chi connectivity index (χ1n) is 6.49. The molecule has 1 fully saturated rings. The monoisotopic (exact) mass is 265 g/mol. The van der Waals surface area contributed by atoms with Crippen LogP contribution in [0.15, 0.2) is 24.3 Å². The lowest BCUT2D eigenvalue weighted by Crippen LogP contribution is -2.33. The Labute approximate surface area is 116 Å². The van der Waals surface area contributed by atoms with E-state index in [-0.39, 0.29) is 0 Å². The van der Waals surface area contributed by atoms with Crippen LogP contribution in [0.25, 0.3) is 0 Å². The van der Waals surface area contributed by atoms with Crippen molar-refractivity contribution in [3.63, 3.8) is 0 Å². The Morgan fingerprint density at radius 1 is 1.44 bits per heavy atom. The van der Waals surface area contributed by atoms with Crippen LogP contribution in [0.1, 0.15) is 24.5 Å². The van der Waals surface area contributed by atoms with Crippen molar-refractivity contribution in [1.82, 2.24) is 5.32 Å².